The van der Waals surface area contributed by atoms with Gasteiger partial charge in [0.1, 0.15) is 5.75 Å². The van der Waals surface area contributed by atoms with E-state index in [1.54, 1.807) is 0 Å². The number of ether oxygens (including phenoxy) is 2. The van der Waals surface area contributed by atoms with Crippen molar-refractivity contribution in [3.05, 3.63) is 28.8 Å². The van der Waals surface area contributed by atoms with Crippen molar-refractivity contribution in [2.45, 2.75) is 52.2 Å². The first-order chi connectivity index (χ1) is 12.0. The number of rotatable bonds is 4. The molecule has 3 rings (SSSR count). The van der Waals surface area contributed by atoms with Crippen LogP contribution in [0.2, 0.25) is 0 Å². The number of aliphatic hydroxyl groups excluding tert-OH is 1. The van der Waals surface area contributed by atoms with Gasteiger partial charge in [-0.05, 0) is 51.2 Å². The van der Waals surface area contributed by atoms with Crippen molar-refractivity contribution >= 4 is 5.91 Å². The van der Waals surface area contributed by atoms with E-state index < -0.39 is 0 Å². The summed E-state index contributed by atoms with van der Waals surface area (Å²) in [5, 5.41) is 10.3. The minimum absolute atomic E-state index is 0.000325. The predicted molar refractivity (Wildman–Crippen MR) is 95.8 cm³/mol. The van der Waals surface area contributed by atoms with Gasteiger partial charge in [0.25, 0.3) is 5.91 Å². The van der Waals surface area contributed by atoms with Crippen molar-refractivity contribution in [3.8, 4) is 5.75 Å². The molecule has 1 aromatic carbocycles. The number of likely N-dealkylation sites (tertiary alicyclic amines) is 1. The molecule has 5 heteroatoms. The van der Waals surface area contributed by atoms with Crippen LogP contribution in [0.25, 0.3) is 0 Å². The van der Waals surface area contributed by atoms with Crippen LogP contribution in [0.5, 0.6) is 5.75 Å². The molecular weight excluding hydrogens is 318 g/mol. The van der Waals surface area contributed by atoms with Crippen LogP contribution in [-0.2, 0) is 9.53 Å². The van der Waals surface area contributed by atoms with Crippen molar-refractivity contribution < 1.29 is 19.4 Å². The first kappa shape index (κ1) is 18.2. The number of aliphatic hydroxyl groups is 1. The summed E-state index contributed by atoms with van der Waals surface area (Å²) in [6, 6.07) is 4.20. The number of hydrogen-bond acceptors (Lipinski definition) is 4. The largest absolute Gasteiger partial charge is 0.483 e. The molecule has 1 N–H and O–H groups in total. The van der Waals surface area contributed by atoms with Crippen LogP contribution in [0.1, 0.15) is 36.0 Å². The number of hydrogen-bond donors (Lipinski definition) is 1. The lowest BCUT2D eigenvalue weighted by Gasteiger charge is -2.37. The SMILES string of the molecule is Cc1cc(C)c(OCC(=O)N2CCCC2C2COCCC2O)c(C)c1. The number of nitrogens with zero attached hydrogens (tertiary/aromatic N) is 1. The Morgan fingerprint density at radius 1 is 1.28 bits per heavy atom. The molecule has 0 spiro atoms. The Bertz CT molecular complexity index is 607. The number of benzene rings is 1. The van der Waals surface area contributed by atoms with Gasteiger partial charge in [-0.3, -0.25) is 4.79 Å². The molecule has 0 radical (unpaired) electrons. The van der Waals surface area contributed by atoms with Crippen molar-refractivity contribution in [3.63, 3.8) is 0 Å². The molecule has 1 amide bonds. The van der Waals surface area contributed by atoms with E-state index in [2.05, 4.69) is 19.1 Å². The summed E-state index contributed by atoms with van der Waals surface area (Å²) < 4.78 is 11.4. The second-order valence-electron chi connectivity index (χ2n) is 7.41. The molecule has 0 aliphatic carbocycles. The van der Waals surface area contributed by atoms with Crippen molar-refractivity contribution in [1.29, 1.82) is 0 Å². The highest BCUT2D eigenvalue weighted by atomic mass is 16.5. The fraction of sp³-hybridized carbons (Fsp3) is 0.650. The minimum atomic E-state index is -0.380. The lowest BCUT2D eigenvalue weighted by molar-refractivity contribution is -0.138. The lowest BCUT2D eigenvalue weighted by Crippen LogP contribution is -2.49. The first-order valence-electron chi connectivity index (χ1n) is 9.23. The molecule has 138 valence electrons. The molecule has 2 fully saturated rings. The Hall–Kier alpha value is -1.59. The summed E-state index contributed by atoms with van der Waals surface area (Å²) in [5.74, 6) is 0.818. The zero-order valence-electron chi connectivity index (χ0n) is 15.5. The zero-order valence-corrected chi connectivity index (χ0v) is 15.5. The van der Waals surface area contributed by atoms with Crippen molar-refractivity contribution in [1.82, 2.24) is 4.90 Å². The van der Waals surface area contributed by atoms with E-state index in [0.717, 1.165) is 36.3 Å². The molecule has 2 aliphatic rings. The van der Waals surface area contributed by atoms with Crippen molar-refractivity contribution in [2.75, 3.05) is 26.4 Å². The fourth-order valence-electron chi connectivity index (χ4n) is 4.27. The van der Waals surface area contributed by atoms with E-state index in [4.69, 9.17) is 9.47 Å². The van der Waals surface area contributed by atoms with Crippen LogP contribution >= 0.6 is 0 Å². The fourth-order valence-corrected chi connectivity index (χ4v) is 4.27. The van der Waals surface area contributed by atoms with Gasteiger partial charge in [0, 0.05) is 25.1 Å². The van der Waals surface area contributed by atoms with E-state index in [9.17, 15) is 9.90 Å². The average molecular weight is 347 g/mol. The Morgan fingerprint density at radius 2 is 2.00 bits per heavy atom. The molecular formula is C20H29NO4. The maximum Gasteiger partial charge on any atom is 0.260 e. The smallest absolute Gasteiger partial charge is 0.260 e. The number of amides is 1. The van der Waals surface area contributed by atoms with Gasteiger partial charge in [-0.15, -0.1) is 0 Å². The summed E-state index contributed by atoms with van der Waals surface area (Å²) in [5.41, 5.74) is 3.30. The Labute approximate surface area is 149 Å². The highest BCUT2D eigenvalue weighted by Gasteiger charge is 2.39. The third-order valence-electron chi connectivity index (χ3n) is 5.42. The minimum Gasteiger partial charge on any atom is -0.483 e. The molecule has 25 heavy (non-hydrogen) atoms. The van der Waals surface area contributed by atoms with E-state index >= 15 is 0 Å². The van der Waals surface area contributed by atoms with E-state index in [0.29, 0.717) is 19.6 Å². The highest BCUT2D eigenvalue weighted by Crippen LogP contribution is 2.30. The molecule has 0 saturated carbocycles. The van der Waals surface area contributed by atoms with Crippen LogP contribution in [-0.4, -0.2) is 54.4 Å². The summed E-state index contributed by atoms with van der Waals surface area (Å²) in [4.78, 5) is 14.6. The van der Waals surface area contributed by atoms with Gasteiger partial charge in [-0.1, -0.05) is 17.7 Å². The first-order valence-corrected chi connectivity index (χ1v) is 9.23. The van der Waals surface area contributed by atoms with Gasteiger partial charge in [0.15, 0.2) is 6.61 Å². The predicted octanol–water partition coefficient (Wildman–Crippen LogP) is 2.38. The molecule has 2 heterocycles. The van der Waals surface area contributed by atoms with Crippen molar-refractivity contribution in [2.24, 2.45) is 5.92 Å². The Balaban J connectivity index is 1.64. The van der Waals surface area contributed by atoms with Gasteiger partial charge in [-0.2, -0.15) is 0 Å². The maximum atomic E-state index is 12.7. The molecule has 1 aromatic rings. The highest BCUT2D eigenvalue weighted by molar-refractivity contribution is 5.78. The summed E-state index contributed by atoms with van der Waals surface area (Å²) in [6.07, 6.45) is 2.18. The van der Waals surface area contributed by atoms with Gasteiger partial charge in [0.05, 0.1) is 12.7 Å². The molecule has 2 saturated heterocycles. The Morgan fingerprint density at radius 3 is 2.68 bits per heavy atom. The van der Waals surface area contributed by atoms with Crippen LogP contribution in [0.4, 0.5) is 0 Å². The summed E-state index contributed by atoms with van der Waals surface area (Å²) >= 11 is 0. The van der Waals surface area contributed by atoms with E-state index in [1.165, 1.54) is 5.56 Å². The van der Waals surface area contributed by atoms with Crippen LogP contribution in [0.3, 0.4) is 0 Å². The second-order valence-corrected chi connectivity index (χ2v) is 7.41. The molecule has 3 atom stereocenters. The Kier molecular flexibility index (Phi) is 5.64. The van der Waals surface area contributed by atoms with Gasteiger partial charge < -0.3 is 19.5 Å². The van der Waals surface area contributed by atoms with Crippen LogP contribution in [0.15, 0.2) is 12.1 Å². The number of aryl methyl sites for hydroxylation is 3. The zero-order chi connectivity index (χ0) is 18.0. The molecule has 3 unspecified atom stereocenters. The standard InChI is InChI=1S/C20H29NO4/c1-13-9-14(2)20(15(3)10-13)25-12-19(23)21-7-4-5-17(21)16-11-24-8-6-18(16)22/h9-10,16-18,22H,4-8,11-12H2,1-3H3. The third kappa shape index (κ3) is 3.98. The van der Waals surface area contributed by atoms with E-state index in [1.807, 2.05) is 18.7 Å². The molecule has 0 bridgehead atoms. The van der Waals surface area contributed by atoms with Gasteiger partial charge >= 0.3 is 0 Å². The van der Waals surface area contributed by atoms with Crippen LogP contribution < -0.4 is 4.74 Å². The average Bonchev–Trinajstić information content (AvgIpc) is 3.03. The molecule has 5 nitrogen and oxygen atoms in total. The second kappa shape index (κ2) is 7.75. The molecule has 0 aromatic heterocycles. The number of carbonyl (C=O) groups is 1. The normalized spacial score (nSPS) is 26.7. The summed E-state index contributed by atoms with van der Waals surface area (Å²) in [6.45, 7) is 8.00. The third-order valence-corrected chi connectivity index (χ3v) is 5.42. The maximum absolute atomic E-state index is 12.7. The van der Waals surface area contributed by atoms with E-state index in [-0.39, 0.29) is 30.6 Å². The lowest BCUT2D eigenvalue weighted by atomic mass is 9.89. The summed E-state index contributed by atoms with van der Waals surface area (Å²) in [7, 11) is 0. The monoisotopic (exact) mass is 347 g/mol. The molecule has 2 aliphatic heterocycles. The van der Waals surface area contributed by atoms with Gasteiger partial charge in [-0.25, -0.2) is 0 Å². The van der Waals surface area contributed by atoms with Gasteiger partial charge in [0.2, 0.25) is 0 Å². The quantitative estimate of drug-likeness (QED) is 0.908. The number of carbonyl (C=O) groups excluding carboxylic acids is 1. The topological polar surface area (TPSA) is 59.0 Å². The van der Waals surface area contributed by atoms with Crippen LogP contribution in [0, 0.1) is 26.7 Å².